The molecular formula is C17H27N. The van der Waals surface area contributed by atoms with Gasteiger partial charge in [0.25, 0.3) is 0 Å². The molecule has 2 rings (SSSR count). The second kappa shape index (κ2) is 3.53. The first-order valence-corrected chi connectivity index (χ1v) is 6.90. The van der Waals surface area contributed by atoms with Crippen molar-refractivity contribution in [2.75, 3.05) is 5.32 Å². The average molecular weight is 245 g/mol. The van der Waals surface area contributed by atoms with Gasteiger partial charge in [0, 0.05) is 11.3 Å². The Bertz CT molecular complexity index is 482. The topological polar surface area (TPSA) is 12.0 Å². The van der Waals surface area contributed by atoms with Crippen LogP contribution in [0.1, 0.15) is 72.1 Å². The zero-order valence-electron chi connectivity index (χ0n) is 13.2. The predicted molar refractivity (Wildman–Crippen MR) is 80.5 cm³/mol. The van der Waals surface area contributed by atoms with Crippen molar-refractivity contribution in [3.63, 3.8) is 0 Å². The summed E-state index contributed by atoms with van der Waals surface area (Å²) < 4.78 is 0. The van der Waals surface area contributed by atoms with Crippen molar-refractivity contribution in [3.05, 3.63) is 28.8 Å². The molecule has 0 fully saturated rings. The molecule has 1 aromatic carbocycles. The van der Waals surface area contributed by atoms with Gasteiger partial charge >= 0.3 is 0 Å². The van der Waals surface area contributed by atoms with Crippen LogP contribution < -0.4 is 5.32 Å². The van der Waals surface area contributed by atoms with Crippen LogP contribution in [0.5, 0.6) is 0 Å². The lowest BCUT2D eigenvalue weighted by Gasteiger charge is -2.45. The Balaban J connectivity index is 2.66. The van der Waals surface area contributed by atoms with E-state index in [1.807, 2.05) is 0 Å². The first-order valence-electron chi connectivity index (χ1n) is 6.90. The molecule has 0 spiro atoms. The molecule has 1 aliphatic rings. The molecule has 1 aliphatic heterocycles. The molecule has 1 heterocycles. The zero-order valence-corrected chi connectivity index (χ0v) is 13.2. The van der Waals surface area contributed by atoms with Gasteiger partial charge in [0.2, 0.25) is 0 Å². The van der Waals surface area contributed by atoms with Crippen molar-refractivity contribution in [1.82, 2.24) is 0 Å². The van der Waals surface area contributed by atoms with Crippen molar-refractivity contribution in [3.8, 4) is 0 Å². The molecule has 0 aliphatic carbocycles. The van der Waals surface area contributed by atoms with E-state index in [-0.39, 0.29) is 16.4 Å². The Morgan fingerprint density at radius 3 is 1.83 bits per heavy atom. The highest BCUT2D eigenvalue weighted by Gasteiger charge is 2.38. The summed E-state index contributed by atoms with van der Waals surface area (Å²) in [5.74, 6) is 0. The van der Waals surface area contributed by atoms with E-state index in [4.69, 9.17) is 0 Å². The quantitative estimate of drug-likeness (QED) is 0.682. The lowest BCUT2D eigenvalue weighted by Crippen LogP contribution is -2.41. The van der Waals surface area contributed by atoms with E-state index in [1.165, 1.54) is 22.4 Å². The van der Waals surface area contributed by atoms with Gasteiger partial charge in [-0.25, -0.2) is 0 Å². The van der Waals surface area contributed by atoms with E-state index in [9.17, 15) is 0 Å². The maximum atomic E-state index is 3.62. The summed E-state index contributed by atoms with van der Waals surface area (Å²) in [6, 6.07) is 4.78. The van der Waals surface area contributed by atoms with E-state index in [1.54, 1.807) is 0 Å². The van der Waals surface area contributed by atoms with Gasteiger partial charge in [-0.2, -0.15) is 0 Å². The van der Waals surface area contributed by atoms with Crippen molar-refractivity contribution in [1.29, 1.82) is 0 Å². The first kappa shape index (κ1) is 13.5. The fraction of sp³-hybridized carbons (Fsp3) is 0.647. The Morgan fingerprint density at radius 2 is 1.44 bits per heavy atom. The molecular weight excluding hydrogens is 218 g/mol. The minimum absolute atomic E-state index is 0.122. The third kappa shape index (κ3) is 2.04. The highest BCUT2D eigenvalue weighted by Crippen LogP contribution is 2.48. The van der Waals surface area contributed by atoms with Crippen LogP contribution in [0, 0.1) is 0 Å². The molecule has 0 aromatic heterocycles. The largest absolute Gasteiger partial charge is 0.375 e. The summed E-state index contributed by atoms with van der Waals surface area (Å²) >= 11 is 0. The SMILES string of the molecule is CC(C)(C)c1cc(C(C)(C)C)c2c(c1)C(C)(C)N2. The van der Waals surface area contributed by atoms with Gasteiger partial charge < -0.3 is 5.32 Å². The molecule has 0 radical (unpaired) electrons. The molecule has 1 N–H and O–H groups in total. The predicted octanol–water partition coefficient (Wildman–Crippen LogP) is 4.94. The van der Waals surface area contributed by atoms with E-state index >= 15 is 0 Å². The standard InChI is InChI=1S/C17H27N/c1-15(2,3)11-9-12(16(4,5)6)14-13(10-11)17(7,8)18-14/h9-10,18H,1-8H3. The summed E-state index contributed by atoms with van der Waals surface area (Å²) in [7, 11) is 0. The summed E-state index contributed by atoms with van der Waals surface area (Å²) in [5, 5.41) is 3.62. The lowest BCUT2D eigenvalue weighted by atomic mass is 9.72. The first-order chi connectivity index (χ1) is 7.93. The Labute approximate surface area is 112 Å². The number of fused-ring (bicyclic) bond motifs is 1. The van der Waals surface area contributed by atoms with Crippen LogP contribution in [0.15, 0.2) is 12.1 Å². The van der Waals surface area contributed by atoms with Gasteiger partial charge in [-0.05, 0) is 35.8 Å². The number of anilines is 1. The molecule has 0 saturated heterocycles. The number of rotatable bonds is 0. The van der Waals surface area contributed by atoms with Crippen LogP contribution in [0.25, 0.3) is 0 Å². The van der Waals surface area contributed by atoms with E-state index < -0.39 is 0 Å². The third-order valence-corrected chi connectivity index (χ3v) is 3.92. The van der Waals surface area contributed by atoms with E-state index in [2.05, 4.69) is 72.8 Å². The second-order valence-corrected chi connectivity index (χ2v) is 8.20. The normalized spacial score (nSPS) is 17.8. The van der Waals surface area contributed by atoms with E-state index in [0.29, 0.717) is 0 Å². The fourth-order valence-electron chi connectivity index (χ4n) is 2.61. The summed E-state index contributed by atoms with van der Waals surface area (Å²) in [6.45, 7) is 18.3. The molecule has 0 bridgehead atoms. The van der Waals surface area contributed by atoms with Gasteiger partial charge in [-0.15, -0.1) is 0 Å². The maximum absolute atomic E-state index is 3.62. The van der Waals surface area contributed by atoms with Crippen molar-refractivity contribution >= 4 is 5.69 Å². The van der Waals surface area contributed by atoms with Crippen molar-refractivity contribution in [2.45, 2.75) is 71.8 Å². The minimum atomic E-state index is 0.122. The molecule has 0 unspecified atom stereocenters. The van der Waals surface area contributed by atoms with Gasteiger partial charge in [0.1, 0.15) is 0 Å². The minimum Gasteiger partial charge on any atom is -0.375 e. The molecule has 0 amide bonds. The van der Waals surface area contributed by atoms with Crippen LogP contribution in [0.3, 0.4) is 0 Å². The summed E-state index contributed by atoms with van der Waals surface area (Å²) in [4.78, 5) is 0. The van der Waals surface area contributed by atoms with Crippen LogP contribution >= 0.6 is 0 Å². The molecule has 100 valence electrons. The van der Waals surface area contributed by atoms with Gasteiger partial charge in [-0.3, -0.25) is 0 Å². The maximum Gasteiger partial charge on any atom is 0.0589 e. The number of hydrogen-bond acceptors (Lipinski definition) is 1. The summed E-state index contributed by atoms with van der Waals surface area (Å²) in [6.07, 6.45) is 0. The number of nitrogens with one attached hydrogen (secondary N) is 1. The Morgan fingerprint density at radius 1 is 0.889 bits per heavy atom. The molecule has 0 atom stereocenters. The average Bonchev–Trinajstić information content (AvgIpc) is 2.12. The van der Waals surface area contributed by atoms with Crippen LogP contribution in [0.4, 0.5) is 5.69 Å². The molecule has 0 saturated carbocycles. The highest BCUT2D eigenvalue weighted by atomic mass is 15.0. The monoisotopic (exact) mass is 245 g/mol. The molecule has 1 nitrogen and oxygen atoms in total. The van der Waals surface area contributed by atoms with Gasteiger partial charge in [0.05, 0.1) is 5.54 Å². The fourth-order valence-corrected chi connectivity index (χ4v) is 2.61. The van der Waals surface area contributed by atoms with Gasteiger partial charge in [-0.1, -0.05) is 53.7 Å². The number of benzene rings is 1. The van der Waals surface area contributed by atoms with Crippen LogP contribution in [-0.4, -0.2) is 0 Å². The van der Waals surface area contributed by atoms with Crippen molar-refractivity contribution in [2.24, 2.45) is 0 Å². The van der Waals surface area contributed by atoms with Gasteiger partial charge in [0.15, 0.2) is 0 Å². The zero-order chi connectivity index (χ0) is 13.9. The molecule has 1 aromatic rings. The lowest BCUT2D eigenvalue weighted by molar-refractivity contribution is 0.522. The highest BCUT2D eigenvalue weighted by molar-refractivity contribution is 5.73. The molecule has 1 heteroatoms. The van der Waals surface area contributed by atoms with E-state index in [0.717, 1.165) is 0 Å². The Hall–Kier alpha value is -0.980. The van der Waals surface area contributed by atoms with Crippen molar-refractivity contribution < 1.29 is 0 Å². The number of hydrogen-bond donors (Lipinski definition) is 1. The Kier molecular flexibility index (Phi) is 2.63. The smallest absolute Gasteiger partial charge is 0.0589 e. The summed E-state index contributed by atoms with van der Waals surface area (Å²) in [5.41, 5.74) is 6.25. The molecule has 18 heavy (non-hydrogen) atoms. The van der Waals surface area contributed by atoms with Crippen LogP contribution in [-0.2, 0) is 16.4 Å². The second-order valence-electron chi connectivity index (χ2n) is 8.20. The third-order valence-electron chi connectivity index (χ3n) is 3.92. The van der Waals surface area contributed by atoms with Crippen LogP contribution in [0.2, 0.25) is 0 Å².